The summed E-state index contributed by atoms with van der Waals surface area (Å²) in [4.78, 5) is 10.7. The monoisotopic (exact) mass is 156 g/mol. The van der Waals surface area contributed by atoms with Crippen molar-refractivity contribution in [3.63, 3.8) is 0 Å². The van der Waals surface area contributed by atoms with Gasteiger partial charge in [0.05, 0.1) is 4.75 Å². The van der Waals surface area contributed by atoms with Crippen LogP contribution in [0.15, 0.2) is 12.7 Å². The van der Waals surface area contributed by atoms with Crippen LogP contribution in [0.2, 0.25) is 0 Å². The van der Waals surface area contributed by atoms with Crippen LogP contribution in [0.5, 0.6) is 0 Å². The minimum Gasteiger partial charge on any atom is -0.302 e. The fourth-order valence-electron chi connectivity index (χ4n) is 1.27. The number of carbonyl (C=O) groups excluding carboxylic acids is 1. The largest absolute Gasteiger partial charge is 0.302 e. The lowest BCUT2D eigenvalue weighted by molar-refractivity contribution is -0.109. The lowest BCUT2D eigenvalue weighted by Crippen LogP contribution is -2.21. The van der Waals surface area contributed by atoms with Crippen molar-refractivity contribution in [3.05, 3.63) is 12.7 Å². The number of thioether (sulfide) groups is 1. The Morgan fingerprint density at radius 1 is 1.70 bits per heavy atom. The Bertz CT molecular complexity index is 136. The Balaban J connectivity index is 2.57. The topological polar surface area (TPSA) is 17.1 Å². The van der Waals surface area contributed by atoms with E-state index in [0.717, 1.165) is 24.9 Å². The van der Waals surface area contributed by atoms with Crippen LogP contribution in [-0.4, -0.2) is 16.8 Å². The van der Waals surface area contributed by atoms with Crippen molar-refractivity contribution in [2.75, 3.05) is 5.75 Å². The van der Waals surface area contributed by atoms with Crippen molar-refractivity contribution in [3.8, 4) is 0 Å². The molecule has 0 saturated carbocycles. The Morgan fingerprint density at radius 3 is 2.90 bits per heavy atom. The predicted molar refractivity (Wildman–Crippen MR) is 45.3 cm³/mol. The zero-order valence-corrected chi connectivity index (χ0v) is 6.82. The second-order valence-corrected chi connectivity index (χ2v) is 4.14. The van der Waals surface area contributed by atoms with E-state index in [-0.39, 0.29) is 4.75 Å². The lowest BCUT2D eigenvalue weighted by atomic mass is 10.0. The average molecular weight is 156 g/mol. The lowest BCUT2D eigenvalue weighted by Gasteiger charge is -2.17. The number of aldehydes is 1. The van der Waals surface area contributed by atoms with Crippen molar-refractivity contribution in [1.82, 2.24) is 0 Å². The molecule has 0 spiro atoms. The van der Waals surface area contributed by atoms with E-state index in [4.69, 9.17) is 0 Å². The van der Waals surface area contributed by atoms with E-state index in [9.17, 15) is 4.79 Å². The first-order valence-electron chi connectivity index (χ1n) is 3.54. The quantitative estimate of drug-likeness (QED) is 0.459. The third-order valence-electron chi connectivity index (χ3n) is 1.84. The summed E-state index contributed by atoms with van der Waals surface area (Å²) in [6.45, 7) is 3.64. The zero-order valence-electron chi connectivity index (χ0n) is 6.01. The summed E-state index contributed by atoms with van der Waals surface area (Å²) in [5.41, 5.74) is 0. The molecule has 0 radical (unpaired) electrons. The highest BCUT2D eigenvalue weighted by molar-refractivity contribution is 8.01. The van der Waals surface area contributed by atoms with Gasteiger partial charge in [-0.2, -0.15) is 0 Å². The van der Waals surface area contributed by atoms with Crippen LogP contribution < -0.4 is 0 Å². The molecule has 0 aliphatic carbocycles. The van der Waals surface area contributed by atoms with Crippen molar-refractivity contribution >= 4 is 18.0 Å². The molecule has 2 heteroatoms. The van der Waals surface area contributed by atoms with E-state index >= 15 is 0 Å². The summed E-state index contributed by atoms with van der Waals surface area (Å²) >= 11 is 1.78. The molecule has 0 amide bonds. The van der Waals surface area contributed by atoms with Gasteiger partial charge in [-0.25, -0.2) is 0 Å². The highest BCUT2D eigenvalue weighted by atomic mass is 32.2. The standard InChI is InChI=1S/C8H12OS/c1-2-4-8(7-9)5-3-6-10-8/h2,7H,1,3-6H2/t8-/m0/s1. The second-order valence-electron chi connectivity index (χ2n) is 2.63. The highest BCUT2D eigenvalue weighted by Crippen LogP contribution is 2.39. The molecule has 1 fully saturated rings. The van der Waals surface area contributed by atoms with Gasteiger partial charge >= 0.3 is 0 Å². The molecular formula is C8H12OS. The summed E-state index contributed by atoms with van der Waals surface area (Å²) in [6.07, 6.45) is 5.98. The summed E-state index contributed by atoms with van der Waals surface area (Å²) in [6, 6.07) is 0. The number of allylic oxidation sites excluding steroid dienone is 1. The van der Waals surface area contributed by atoms with Gasteiger partial charge in [-0.3, -0.25) is 0 Å². The van der Waals surface area contributed by atoms with E-state index in [1.54, 1.807) is 11.8 Å². The minimum absolute atomic E-state index is 0.0955. The zero-order chi connectivity index (χ0) is 7.45. The molecule has 1 rings (SSSR count). The molecule has 0 aromatic carbocycles. The van der Waals surface area contributed by atoms with Crippen LogP contribution in [0.25, 0.3) is 0 Å². The molecular weight excluding hydrogens is 144 g/mol. The Kier molecular flexibility index (Phi) is 2.55. The Morgan fingerprint density at radius 2 is 2.50 bits per heavy atom. The second kappa shape index (κ2) is 3.24. The summed E-state index contributed by atoms with van der Waals surface area (Å²) in [5, 5.41) is 0. The molecule has 56 valence electrons. The van der Waals surface area contributed by atoms with Crippen LogP contribution >= 0.6 is 11.8 Å². The molecule has 0 bridgehead atoms. The van der Waals surface area contributed by atoms with E-state index < -0.39 is 0 Å². The van der Waals surface area contributed by atoms with Crippen LogP contribution in [0.1, 0.15) is 19.3 Å². The molecule has 0 aromatic rings. The molecule has 1 nitrogen and oxygen atoms in total. The first kappa shape index (κ1) is 7.86. The van der Waals surface area contributed by atoms with Gasteiger partial charge in [-0.1, -0.05) is 6.08 Å². The van der Waals surface area contributed by atoms with Crippen molar-refractivity contribution in [1.29, 1.82) is 0 Å². The maximum Gasteiger partial charge on any atom is 0.136 e. The Hall–Kier alpha value is -0.240. The Labute approximate surface area is 65.9 Å². The van der Waals surface area contributed by atoms with Crippen LogP contribution in [0.3, 0.4) is 0 Å². The predicted octanol–water partition coefficient (Wildman–Crippen LogP) is 2.03. The fourth-order valence-corrected chi connectivity index (χ4v) is 2.55. The molecule has 1 heterocycles. The maximum atomic E-state index is 10.7. The molecule has 10 heavy (non-hydrogen) atoms. The van der Waals surface area contributed by atoms with Crippen molar-refractivity contribution in [2.24, 2.45) is 0 Å². The van der Waals surface area contributed by atoms with E-state index in [1.165, 1.54) is 6.42 Å². The normalized spacial score (nSPS) is 32.0. The number of carbonyl (C=O) groups is 1. The minimum atomic E-state index is -0.0955. The van der Waals surface area contributed by atoms with Gasteiger partial charge in [-0.15, -0.1) is 18.3 Å². The van der Waals surface area contributed by atoms with E-state index in [0.29, 0.717) is 0 Å². The van der Waals surface area contributed by atoms with Gasteiger partial charge in [0, 0.05) is 0 Å². The maximum absolute atomic E-state index is 10.7. The fraction of sp³-hybridized carbons (Fsp3) is 0.625. The first-order chi connectivity index (χ1) is 4.83. The van der Waals surface area contributed by atoms with Crippen molar-refractivity contribution < 1.29 is 4.79 Å². The molecule has 1 aliphatic rings. The summed E-state index contributed by atoms with van der Waals surface area (Å²) < 4.78 is -0.0955. The molecule has 0 aromatic heterocycles. The number of hydrogen-bond acceptors (Lipinski definition) is 2. The number of hydrogen-bond donors (Lipinski definition) is 0. The first-order valence-corrected chi connectivity index (χ1v) is 4.53. The summed E-state index contributed by atoms with van der Waals surface area (Å²) in [5.74, 6) is 1.13. The molecule has 1 saturated heterocycles. The van der Waals surface area contributed by atoms with Gasteiger partial charge in [0.2, 0.25) is 0 Å². The smallest absolute Gasteiger partial charge is 0.136 e. The van der Waals surface area contributed by atoms with Gasteiger partial charge in [0.15, 0.2) is 0 Å². The SMILES string of the molecule is C=CC[C@@]1(C=O)CCCS1. The van der Waals surface area contributed by atoms with Gasteiger partial charge in [0.25, 0.3) is 0 Å². The number of rotatable bonds is 3. The average Bonchev–Trinajstić information content (AvgIpc) is 2.39. The van der Waals surface area contributed by atoms with Crippen LogP contribution in [0, 0.1) is 0 Å². The van der Waals surface area contributed by atoms with Crippen molar-refractivity contribution in [2.45, 2.75) is 24.0 Å². The van der Waals surface area contributed by atoms with Crippen LogP contribution in [0.4, 0.5) is 0 Å². The van der Waals surface area contributed by atoms with Gasteiger partial charge in [0.1, 0.15) is 6.29 Å². The highest BCUT2D eigenvalue weighted by Gasteiger charge is 2.32. The van der Waals surface area contributed by atoms with Gasteiger partial charge < -0.3 is 4.79 Å². The molecule has 1 atom stereocenters. The summed E-state index contributed by atoms with van der Waals surface area (Å²) in [7, 11) is 0. The third kappa shape index (κ3) is 1.43. The molecule has 1 aliphatic heterocycles. The molecule has 0 N–H and O–H groups in total. The van der Waals surface area contributed by atoms with E-state index in [2.05, 4.69) is 6.58 Å². The molecule has 0 unspecified atom stereocenters. The van der Waals surface area contributed by atoms with Gasteiger partial charge in [-0.05, 0) is 25.0 Å². The third-order valence-corrected chi connectivity index (χ3v) is 3.37. The van der Waals surface area contributed by atoms with Crippen LogP contribution in [-0.2, 0) is 4.79 Å². The van der Waals surface area contributed by atoms with E-state index in [1.807, 2.05) is 6.08 Å².